The number of nitrogens with zero attached hydrogens (tertiary/aromatic N) is 1. The molecule has 0 saturated carbocycles. The van der Waals surface area contributed by atoms with Crippen molar-refractivity contribution in [1.29, 1.82) is 0 Å². The van der Waals surface area contributed by atoms with Gasteiger partial charge in [-0.3, -0.25) is 4.79 Å². The average Bonchev–Trinajstić information content (AvgIpc) is 2.96. The van der Waals surface area contributed by atoms with Gasteiger partial charge in [0.15, 0.2) is 11.5 Å². The summed E-state index contributed by atoms with van der Waals surface area (Å²) in [4.78, 5) is 13.9. The van der Waals surface area contributed by atoms with Crippen LogP contribution in [0.25, 0.3) is 0 Å². The fourth-order valence-electron chi connectivity index (χ4n) is 2.68. The molecule has 5 heteroatoms. The molecule has 110 valence electrons. The zero-order chi connectivity index (χ0) is 14.5. The molecule has 0 radical (unpaired) electrons. The van der Waals surface area contributed by atoms with Crippen LogP contribution in [0, 0.1) is 0 Å². The first-order valence-electron chi connectivity index (χ1n) is 6.71. The lowest BCUT2D eigenvalue weighted by atomic mass is 10.0. The van der Waals surface area contributed by atoms with Crippen molar-refractivity contribution in [3.8, 4) is 11.5 Å². The molecule has 0 unspecified atom stereocenters. The Balaban J connectivity index is 2.23. The van der Waals surface area contributed by atoms with Crippen molar-refractivity contribution in [3.63, 3.8) is 0 Å². The van der Waals surface area contributed by atoms with Crippen LogP contribution in [0.3, 0.4) is 0 Å². The minimum Gasteiger partial charge on any atom is -0.493 e. The Kier molecular flexibility index (Phi) is 4.84. The van der Waals surface area contributed by atoms with Crippen LogP contribution in [0.15, 0.2) is 18.2 Å². The average molecular weight is 279 g/mol. The van der Waals surface area contributed by atoms with Gasteiger partial charge in [0.1, 0.15) is 6.61 Å². The molecule has 1 amide bonds. The normalized spacial score (nSPS) is 18.1. The van der Waals surface area contributed by atoms with Crippen LogP contribution in [-0.4, -0.2) is 45.3 Å². The Labute approximate surface area is 119 Å². The molecule has 20 heavy (non-hydrogen) atoms. The second-order valence-electron chi connectivity index (χ2n) is 4.79. The molecule has 1 aromatic carbocycles. The van der Waals surface area contributed by atoms with Crippen molar-refractivity contribution in [2.24, 2.45) is 0 Å². The van der Waals surface area contributed by atoms with E-state index in [4.69, 9.17) is 14.2 Å². The van der Waals surface area contributed by atoms with E-state index in [1.165, 1.54) is 0 Å². The maximum atomic E-state index is 12.1. The van der Waals surface area contributed by atoms with E-state index in [1.807, 2.05) is 23.1 Å². The number of hydrogen-bond acceptors (Lipinski definition) is 4. The second-order valence-corrected chi connectivity index (χ2v) is 4.79. The summed E-state index contributed by atoms with van der Waals surface area (Å²) in [5.74, 6) is 1.42. The summed E-state index contributed by atoms with van der Waals surface area (Å²) in [7, 11) is 4.77. The zero-order valence-electron chi connectivity index (χ0n) is 12.2. The van der Waals surface area contributed by atoms with Crippen LogP contribution < -0.4 is 9.47 Å². The lowest BCUT2D eigenvalue weighted by molar-refractivity contribution is -0.136. The summed E-state index contributed by atoms with van der Waals surface area (Å²) in [6, 6.07) is 5.91. The number of amides is 1. The van der Waals surface area contributed by atoms with E-state index in [2.05, 4.69) is 0 Å². The lowest BCUT2D eigenvalue weighted by Crippen LogP contribution is -2.33. The zero-order valence-corrected chi connectivity index (χ0v) is 12.2. The maximum Gasteiger partial charge on any atom is 0.249 e. The number of carbonyl (C=O) groups excluding carboxylic acids is 1. The molecule has 1 aromatic rings. The molecule has 1 heterocycles. The predicted octanol–water partition coefficient (Wildman–Crippen LogP) is 2.01. The van der Waals surface area contributed by atoms with Crippen molar-refractivity contribution in [3.05, 3.63) is 23.8 Å². The summed E-state index contributed by atoms with van der Waals surface area (Å²) in [5, 5.41) is 0. The van der Waals surface area contributed by atoms with Crippen LogP contribution in [0.5, 0.6) is 11.5 Å². The molecule has 5 nitrogen and oxygen atoms in total. The molecule has 1 atom stereocenters. The Morgan fingerprint density at radius 3 is 2.65 bits per heavy atom. The molecule has 0 aromatic heterocycles. The van der Waals surface area contributed by atoms with Crippen molar-refractivity contribution in [2.75, 3.05) is 34.5 Å². The molecule has 0 spiro atoms. The van der Waals surface area contributed by atoms with Crippen molar-refractivity contribution < 1.29 is 19.0 Å². The Morgan fingerprint density at radius 2 is 2.00 bits per heavy atom. The monoisotopic (exact) mass is 279 g/mol. The highest BCUT2D eigenvalue weighted by molar-refractivity contribution is 5.78. The predicted molar refractivity (Wildman–Crippen MR) is 75.1 cm³/mol. The molecular formula is C15H21NO4. The molecule has 0 bridgehead atoms. The van der Waals surface area contributed by atoms with Gasteiger partial charge in [-0.2, -0.15) is 0 Å². The summed E-state index contributed by atoms with van der Waals surface area (Å²) in [6.07, 6.45) is 1.97. The molecule has 1 aliphatic heterocycles. The standard InChI is InChI=1S/C15H21NO4/c1-18-10-15(17)16-8-4-5-12(16)11-6-7-13(19-2)14(9-11)20-3/h6-7,9,12H,4-5,8,10H2,1-3H3/t12-/m0/s1. The largest absolute Gasteiger partial charge is 0.493 e. The number of rotatable bonds is 5. The van der Waals surface area contributed by atoms with Crippen LogP contribution in [-0.2, 0) is 9.53 Å². The Bertz CT molecular complexity index is 475. The van der Waals surface area contributed by atoms with Gasteiger partial charge in [-0.15, -0.1) is 0 Å². The third kappa shape index (κ3) is 2.88. The Morgan fingerprint density at radius 1 is 1.25 bits per heavy atom. The fourth-order valence-corrected chi connectivity index (χ4v) is 2.68. The molecular weight excluding hydrogens is 258 g/mol. The number of ether oxygens (including phenoxy) is 3. The van der Waals surface area contributed by atoms with Crippen molar-refractivity contribution >= 4 is 5.91 Å². The van der Waals surface area contributed by atoms with Crippen LogP contribution in [0.2, 0.25) is 0 Å². The van der Waals surface area contributed by atoms with Gasteiger partial charge in [0, 0.05) is 13.7 Å². The highest BCUT2D eigenvalue weighted by atomic mass is 16.5. The van der Waals surface area contributed by atoms with Crippen molar-refractivity contribution in [1.82, 2.24) is 4.90 Å². The molecule has 2 rings (SSSR count). The molecule has 1 aliphatic rings. The van der Waals surface area contributed by atoms with E-state index < -0.39 is 0 Å². The highest BCUT2D eigenvalue weighted by Gasteiger charge is 2.30. The number of benzene rings is 1. The quantitative estimate of drug-likeness (QED) is 0.827. The van der Waals surface area contributed by atoms with Crippen molar-refractivity contribution in [2.45, 2.75) is 18.9 Å². The van der Waals surface area contributed by atoms with E-state index in [1.54, 1.807) is 21.3 Å². The summed E-state index contributed by atoms with van der Waals surface area (Å²) < 4.78 is 15.5. The van der Waals surface area contributed by atoms with Gasteiger partial charge in [0.2, 0.25) is 5.91 Å². The first kappa shape index (κ1) is 14.7. The number of methoxy groups -OCH3 is 3. The van der Waals surface area contributed by atoms with Gasteiger partial charge in [0.25, 0.3) is 0 Å². The fraction of sp³-hybridized carbons (Fsp3) is 0.533. The summed E-state index contributed by atoms with van der Waals surface area (Å²) in [6.45, 7) is 0.908. The third-order valence-corrected chi connectivity index (χ3v) is 3.63. The smallest absolute Gasteiger partial charge is 0.249 e. The number of hydrogen-bond donors (Lipinski definition) is 0. The SMILES string of the molecule is COCC(=O)N1CCC[C@H]1c1ccc(OC)c(OC)c1. The van der Waals surface area contributed by atoms with Gasteiger partial charge in [-0.1, -0.05) is 6.07 Å². The van der Waals surface area contributed by atoms with Gasteiger partial charge < -0.3 is 19.1 Å². The minimum absolute atomic E-state index is 0.0322. The number of likely N-dealkylation sites (tertiary alicyclic amines) is 1. The first-order valence-corrected chi connectivity index (χ1v) is 6.71. The van der Waals surface area contributed by atoms with E-state index in [9.17, 15) is 4.79 Å². The van der Waals surface area contributed by atoms with E-state index >= 15 is 0 Å². The molecule has 0 aliphatic carbocycles. The van der Waals surface area contributed by atoms with E-state index in [-0.39, 0.29) is 18.6 Å². The van der Waals surface area contributed by atoms with E-state index in [0.29, 0.717) is 11.5 Å². The molecule has 1 saturated heterocycles. The molecule has 0 N–H and O–H groups in total. The van der Waals surface area contributed by atoms with E-state index in [0.717, 1.165) is 24.9 Å². The number of carbonyl (C=O) groups is 1. The highest BCUT2D eigenvalue weighted by Crippen LogP contribution is 2.36. The van der Waals surface area contributed by atoms with Crippen LogP contribution >= 0.6 is 0 Å². The topological polar surface area (TPSA) is 48.0 Å². The minimum atomic E-state index is 0.0322. The van der Waals surface area contributed by atoms with Gasteiger partial charge in [-0.05, 0) is 30.5 Å². The van der Waals surface area contributed by atoms with Gasteiger partial charge in [0.05, 0.1) is 20.3 Å². The molecule has 1 fully saturated rings. The maximum absolute atomic E-state index is 12.1. The lowest BCUT2D eigenvalue weighted by Gasteiger charge is -2.25. The second kappa shape index (κ2) is 6.61. The third-order valence-electron chi connectivity index (χ3n) is 3.63. The Hall–Kier alpha value is -1.75. The van der Waals surface area contributed by atoms with Gasteiger partial charge >= 0.3 is 0 Å². The van der Waals surface area contributed by atoms with Crippen LogP contribution in [0.4, 0.5) is 0 Å². The summed E-state index contributed by atoms with van der Waals surface area (Å²) >= 11 is 0. The summed E-state index contributed by atoms with van der Waals surface area (Å²) in [5.41, 5.74) is 1.07. The van der Waals surface area contributed by atoms with Gasteiger partial charge in [-0.25, -0.2) is 0 Å². The first-order chi connectivity index (χ1) is 9.71. The van der Waals surface area contributed by atoms with Crippen LogP contribution in [0.1, 0.15) is 24.4 Å².